The third kappa shape index (κ3) is 2.45. The third-order valence-electron chi connectivity index (χ3n) is 4.24. The highest BCUT2D eigenvalue weighted by atomic mass is 19.4. The molecular weight excluding hydrogens is 311 g/mol. The lowest BCUT2D eigenvalue weighted by atomic mass is 9.77. The monoisotopic (exact) mass is 324 g/mol. The van der Waals surface area contributed by atoms with E-state index in [-0.39, 0.29) is 5.56 Å². The van der Waals surface area contributed by atoms with Crippen LogP contribution < -0.4 is 0 Å². The fourth-order valence-electron chi connectivity index (χ4n) is 2.76. The second-order valence-electron chi connectivity index (χ2n) is 5.47. The summed E-state index contributed by atoms with van der Waals surface area (Å²) in [6.07, 6.45) is -6.60. The lowest BCUT2D eigenvalue weighted by Gasteiger charge is -2.31. The molecule has 4 atom stereocenters. The second-order valence-corrected chi connectivity index (χ2v) is 5.47. The lowest BCUT2D eigenvalue weighted by molar-refractivity contribution is -0.273. The van der Waals surface area contributed by atoms with E-state index in [9.17, 15) is 26.7 Å². The van der Waals surface area contributed by atoms with Gasteiger partial charge in [0, 0.05) is 11.8 Å². The Labute approximate surface area is 122 Å². The largest absolute Gasteiger partial charge is 0.479 e. The molecule has 3 nitrogen and oxygen atoms in total. The van der Waals surface area contributed by atoms with Crippen molar-refractivity contribution < 1.29 is 36.6 Å². The van der Waals surface area contributed by atoms with Crippen molar-refractivity contribution >= 4 is 5.97 Å². The topological polar surface area (TPSA) is 46.5 Å². The van der Waals surface area contributed by atoms with Crippen LogP contribution in [0.3, 0.4) is 0 Å². The van der Waals surface area contributed by atoms with Crippen LogP contribution in [-0.2, 0) is 9.53 Å². The van der Waals surface area contributed by atoms with E-state index in [0.717, 1.165) is 19.1 Å². The zero-order valence-corrected chi connectivity index (χ0v) is 11.6. The number of carboxylic acids is 1. The number of carbonyl (C=O) groups is 1. The van der Waals surface area contributed by atoms with Gasteiger partial charge in [0.05, 0.1) is 0 Å². The maximum atomic E-state index is 13.3. The smallest absolute Gasteiger partial charge is 0.417 e. The van der Waals surface area contributed by atoms with Gasteiger partial charge in [0.2, 0.25) is 0 Å². The molecule has 1 fully saturated rings. The van der Waals surface area contributed by atoms with Crippen LogP contribution in [-0.4, -0.2) is 29.0 Å². The maximum absolute atomic E-state index is 13.3. The van der Waals surface area contributed by atoms with Gasteiger partial charge < -0.3 is 9.84 Å². The number of benzene rings is 1. The summed E-state index contributed by atoms with van der Waals surface area (Å²) in [6, 6.07) is 2.53. The Morgan fingerprint density at radius 2 is 1.86 bits per heavy atom. The molecule has 1 aromatic carbocycles. The predicted molar refractivity (Wildman–Crippen MR) is 65.2 cm³/mol. The molecule has 1 N–H and O–H groups in total. The second kappa shape index (κ2) is 5.19. The van der Waals surface area contributed by atoms with Gasteiger partial charge in [-0.1, -0.05) is 13.0 Å². The number of halogens is 5. The molecular formula is C14H13F5O3. The van der Waals surface area contributed by atoms with Crippen molar-refractivity contribution in [2.24, 2.45) is 5.92 Å². The molecule has 2 rings (SSSR count). The Hall–Kier alpha value is -1.70. The van der Waals surface area contributed by atoms with Gasteiger partial charge in [-0.25, -0.2) is 13.6 Å². The quantitative estimate of drug-likeness (QED) is 0.847. The van der Waals surface area contributed by atoms with Crippen molar-refractivity contribution in [3.63, 3.8) is 0 Å². The molecule has 1 aliphatic heterocycles. The summed E-state index contributed by atoms with van der Waals surface area (Å²) in [5, 5.41) is 9.12. The van der Waals surface area contributed by atoms with Crippen molar-refractivity contribution in [3.05, 3.63) is 35.4 Å². The van der Waals surface area contributed by atoms with Crippen LogP contribution in [0.15, 0.2) is 18.2 Å². The Morgan fingerprint density at radius 3 is 2.32 bits per heavy atom. The summed E-state index contributed by atoms with van der Waals surface area (Å²) >= 11 is 0. The molecule has 22 heavy (non-hydrogen) atoms. The molecule has 4 unspecified atom stereocenters. The standard InChI is InChI=1S/C14H13F5O3/c1-6-10(7-3-4-8(15)9(16)5-7)11(12(20)21)22-13(6,2)14(17,18)19/h3-6,10-11H,1-2H3,(H,20,21). The zero-order chi connectivity index (χ0) is 16.9. The Balaban J connectivity index is 2.52. The molecule has 0 aliphatic carbocycles. The highest BCUT2D eigenvalue weighted by Gasteiger charge is 2.65. The first-order valence-electron chi connectivity index (χ1n) is 6.41. The van der Waals surface area contributed by atoms with Gasteiger partial charge >= 0.3 is 12.1 Å². The van der Waals surface area contributed by atoms with Crippen molar-refractivity contribution in [1.29, 1.82) is 0 Å². The normalized spacial score (nSPS) is 32.2. The van der Waals surface area contributed by atoms with Crippen molar-refractivity contribution in [2.45, 2.75) is 37.6 Å². The van der Waals surface area contributed by atoms with E-state index in [1.165, 1.54) is 6.92 Å². The SMILES string of the molecule is CC1C(c2ccc(F)c(F)c2)C(C(=O)O)OC1(C)C(F)(F)F. The summed E-state index contributed by atoms with van der Waals surface area (Å²) in [4.78, 5) is 11.2. The Morgan fingerprint density at radius 1 is 1.27 bits per heavy atom. The molecule has 0 bridgehead atoms. The molecule has 0 amide bonds. The number of alkyl halides is 3. The molecule has 0 radical (unpaired) electrons. The van der Waals surface area contributed by atoms with Crippen LogP contribution in [0.5, 0.6) is 0 Å². The van der Waals surface area contributed by atoms with Crippen LogP contribution in [0.2, 0.25) is 0 Å². The summed E-state index contributed by atoms with van der Waals surface area (Å²) in [5.74, 6) is -6.55. The van der Waals surface area contributed by atoms with Gasteiger partial charge in [0.1, 0.15) is 0 Å². The minimum Gasteiger partial charge on any atom is -0.479 e. The number of hydrogen-bond donors (Lipinski definition) is 1. The molecule has 0 aromatic heterocycles. The first-order valence-corrected chi connectivity index (χ1v) is 6.41. The van der Waals surface area contributed by atoms with Crippen LogP contribution >= 0.6 is 0 Å². The van der Waals surface area contributed by atoms with Crippen LogP contribution in [0.4, 0.5) is 22.0 Å². The van der Waals surface area contributed by atoms with Gasteiger partial charge in [-0.2, -0.15) is 13.2 Å². The fraction of sp³-hybridized carbons (Fsp3) is 0.500. The van der Waals surface area contributed by atoms with Crippen molar-refractivity contribution in [3.8, 4) is 0 Å². The average molecular weight is 324 g/mol. The third-order valence-corrected chi connectivity index (χ3v) is 4.24. The molecule has 8 heteroatoms. The van der Waals surface area contributed by atoms with E-state index in [4.69, 9.17) is 9.84 Å². The van der Waals surface area contributed by atoms with Gasteiger partial charge in [-0.05, 0) is 24.6 Å². The molecule has 1 aromatic rings. The van der Waals surface area contributed by atoms with E-state index in [1.54, 1.807) is 0 Å². The molecule has 1 aliphatic rings. The lowest BCUT2D eigenvalue weighted by Crippen LogP contribution is -2.47. The number of carboxylic acid groups (broad SMARTS) is 1. The minimum atomic E-state index is -4.80. The molecule has 1 heterocycles. The van der Waals surface area contributed by atoms with Gasteiger partial charge in [0.15, 0.2) is 23.3 Å². The number of hydrogen-bond acceptors (Lipinski definition) is 2. The molecule has 1 saturated heterocycles. The van der Waals surface area contributed by atoms with Gasteiger partial charge in [-0.3, -0.25) is 0 Å². The average Bonchev–Trinajstić information content (AvgIpc) is 2.67. The number of aliphatic carboxylic acids is 1. The summed E-state index contributed by atoms with van der Waals surface area (Å²) in [5.41, 5.74) is -2.74. The minimum absolute atomic E-state index is 0.0493. The van der Waals surface area contributed by atoms with Crippen LogP contribution in [0.1, 0.15) is 25.3 Å². The predicted octanol–water partition coefficient (Wildman–Crippen LogP) is 3.49. The van der Waals surface area contributed by atoms with E-state index in [0.29, 0.717) is 6.07 Å². The van der Waals surface area contributed by atoms with Gasteiger partial charge in [-0.15, -0.1) is 0 Å². The summed E-state index contributed by atoms with van der Waals surface area (Å²) < 4.78 is 70.7. The van der Waals surface area contributed by atoms with Crippen LogP contribution in [0, 0.1) is 17.6 Å². The Bertz CT molecular complexity index is 601. The highest BCUT2D eigenvalue weighted by molar-refractivity contribution is 5.74. The van der Waals surface area contributed by atoms with E-state index >= 15 is 0 Å². The number of rotatable bonds is 2. The summed E-state index contributed by atoms with van der Waals surface area (Å²) in [6.45, 7) is 1.94. The summed E-state index contributed by atoms with van der Waals surface area (Å²) in [7, 11) is 0. The maximum Gasteiger partial charge on any atom is 0.417 e. The van der Waals surface area contributed by atoms with Crippen LogP contribution in [0.25, 0.3) is 0 Å². The van der Waals surface area contributed by atoms with Crippen molar-refractivity contribution in [2.75, 3.05) is 0 Å². The van der Waals surface area contributed by atoms with E-state index in [1.807, 2.05) is 0 Å². The Kier molecular flexibility index (Phi) is 3.93. The van der Waals surface area contributed by atoms with E-state index < -0.39 is 47.3 Å². The zero-order valence-electron chi connectivity index (χ0n) is 11.6. The van der Waals surface area contributed by atoms with Crippen molar-refractivity contribution in [1.82, 2.24) is 0 Å². The molecule has 0 spiro atoms. The van der Waals surface area contributed by atoms with E-state index in [2.05, 4.69) is 0 Å². The number of ether oxygens (including phenoxy) is 1. The highest BCUT2D eigenvalue weighted by Crippen LogP contribution is 2.53. The first-order chi connectivity index (χ1) is 9.99. The van der Waals surface area contributed by atoms with Gasteiger partial charge in [0.25, 0.3) is 0 Å². The first kappa shape index (κ1) is 16.7. The molecule has 122 valence electrons. The fourth-order valence-corrected chi connectivity index (χ4v) is 2.76. The molecule has 0 saturated carbocycles.